The van der Waals surface area contributed by atoms with E-state index in [1.165, 1.54) is 11.8 Å². The molecule has 0 bridgehead atoms. The minimum atomic E-state index is 0.126. The average molecular weight is 306 g/mol. The number of aryl methyl sites for hydroxylation is 2. The zero-order valence-corrected chi connectivity index (χ0v) is 14.0. The maximum atomic E-state index is 5.59. The Bertz CT molecular complexity index is 612. The zero-order chi connectivity index (χ0) is 15.4. The van der Waals surface area contributed by atoms with Gasteiger partial charge in [-0.25, -0.2) is 9.97 Å². The lowest BCUT2D eigenvalue weighted by Gasteiger charge is -2.15. The van der Waals surface area contributed by atoms with E-state index < -0.39 is 0 Å². The second-order valence-electron chi connectivity index (χ2n) is 4.89. The van der Waals surface area contributed by atoms with E-state index in [1.54, 1.807) is 0 Å². The summed E-state index contributed by atoms with van der Waals surface area (Å²) in [6.45, 7) is 8.93. The van der Waals surface area contributed by atoms with Gasteiger partial charge in [0.15, 0.2) is 5.16 Å². The minimum Gasteiger partial charge on any atom is -0.466 e. The summed E-state index contributed by atoms with van der Waals surface area (Å²) in [5.41, 5.74) is 1.15. The van der Waals surface area contributed by atoms with Gasteiger partial charge in [-0.15, -0.1) is 0 Å². The number of rotatable bonds is 6. The Morgan fingerprint density at radius 3 is 2.52 bits per heavy atom. The molecule has 0 amide bonds. The van der Waals surface area contributed by atoms with Gasteiger partial charge in [0.1, 0.15) is 23.2 Å². The maximum Gasteiger partial charge on any atom is 0.191 e. The summed E-state index contributed by atoms with van der Waals surface area (Å²) < 4.78 is 5.59. The molecule has 0 radical (unpaired) electrons. The van der Waals surface area contributed by atoms with Crippen molar-refractivity contribution < 1.29 is 4.42 Å². The van der Waals surface area contributed by atoms with Crippen LogP contribution >= 0.6 is 11.8 Å². The van der Waals surface area contributed by atoms with Crippen LogP contribution in [0.5, 0.6) is 0 Å². The predicted molar refractivity (Wildman–Crippen MR) is 88.2 cm³/mol. The molecule has 0 aliphatic carbocycles. The van der Waals surface area contributed by atoms with Gasteiger partial charge in [0, 0.05) is 18.2 Å². The quantitative estimate of drug-likeness (QED) is 0.621. The molecule has 1 atom stereocenters. The Labute approximate surface area is 129 Å². The highest BCUT2D eigenvalue weighted by Crippen LogP contribution is 2.26. The van der Waals surface area contributed by atoms with Crippen molar-refractivity contribution in [3.05, 3.63) is 29.2 Å². The number of nitrogens with zero attached hydrogens (tertiary/aromatic N) is 2. The summed E-state index contributed by atoms with van der Waals surface area (Å²) in [6, 6.07) is 4.12. The molecule has 0 fully saturated rings. The van der Waals surface area contributed by atoms with Crippen LogP contribution in [0.3, 0.4) is 0 Å². The van der Waals surface area contributed by atoms with Gasteiger partial charge in [-0.1, -0.05) is 11.8 Å². The Balaban J connectivity index is 2.21. The minimum absolute atomic E-state index is 0.126. The van der Waals surface area contributed by atoms with Crippen LogP contribution < -0.4 is 10.6 Å². The first kappa shape index (κ1) is 15.7. The number of thioether (sulfide) groups is 1. The summed E-state index contributed by atoms with van der Waals surface area (Å²) in [7, 11) is 0. The van der Waals surface area contributed by atoms with Crippen LogP contribution in [0.4, 0.5) is 11.6 Å². The van der Waals surface area contributed by atoms with Crippen molar-refractivity contribution in [2.24, 2.45) is 0 Å². The summed E-state index contributed by atoms with van der Waals surface area (Å²) >= 11 is 1.53. The Morgan fingerprint density at radius 2 is 1.95 bits per heavy atom. The fraction of sp³-hybridized carbons (Fsp3) is 0.467. The van der Waals surface area contributed by atoms with E-state index in [-0.39, 0.29) is 6.04 Å². The normalized spacial score (nSPS) is 12.2. The molecule has 2 N–H and O–H groups in total. The molecule has 2 aromatic heterocycles. The SMILES string of the molecule is CCNc1cc(NC(C)c2cc(C)oc2C)nc(SC)n1. The molecule has 2 heterocycles. The lowest BCUT2D eigenvalue weighted by atomic mass is 10.1. The summed E-state index contributed by atoms with van der Waals surface area (Å²) in [6.07, 6.45) is 1.97. The van der Waals surface area contributed by atoms with Gasteiger partial charge in [-0.3, -0.25) is 0 Å². The molecule has 2 aromatic rings. The number of anilines is 2. The molecule has 114 valence electrons. The summed E-state index contributed by atoms with van der Waals surface area (Å²) in [4.78, 5) is 8.93. The van der Waals surface area contributed by atoms with E-state index in [0.29, 0.717) is 0 Å². The number of aromatic nitrogens is 2. The van der Waals surface area contributed by atoms with Crippen molar-refractivity contribution in [1.82, 2.24) is 9.97 Å². The van der Waals surface area contributed by atoms with Crippen LogP contribution in [0.25, 0.3) is 0 Å². The third kappa shape index (κ3) is 3.91. The highest BCUT2D eigenvalue weighted by atomic mass is 32.2. The number of furan rings is 1. The molecule has 2 rings (SSSR count). The topological polar surface area (TPSA) is 63.0 Å². The van der Waals surface area contributed by atoms with Crippen molar-refractivity contribution in [1.29, 1.82) is 0 Å². The van der Waals surface area contributed by atoms with E-state index in [0.717, 1.165) is 40.4 Å². The van der Waals surface area contributed by atoms with Gasteiger partial charge >= 0.3 is 0 Å². The maximum absolute atomic E-state index is 5.59. The fourth-order valence-electron chi connectivity index (χ4n) is 2.24. The molecule has 0 saturated heterocycles. The van der Waals surface area contributed by atoms with Crippen LogP contribution in [0, 0.1) is 13.8 Å². The molecule has 0 spiro atoms. The van der Waals surface area contributed by atoms with Gasteiger partial charge in [0.25, 0.3) is 0 Å². The van der Waals surface area contributed by atoms with E-state index in [4.69, 9.17) is 4.42 Å². The summed E-state index contributed by atoms with van der Waals surface area (Å²) in [5.74, 6) is 3.53. The highest BCUT2D eigenvalue weighted by Gasteiger charge is 2.14. The fourth-order valence-corrected chi connectivity index (χ4v) is 2.62. The molecule has 0 aromatic carbocycles. The first-order valence-corrected chi connectivity index (χ1v) is 8.26. The van der Waals surface area contributed by atoms with Crippen molar-refractivity contribution in [3.8, 4) is 0 Å². The van der Waals surface area contributed by atoms with Gasteiger partial charge in [-0.05, 0) is 40.0 Å². The smallest absolute Gasteiger partial charge is 0.191 e. The lowest BCUT2D eigenvalue weighted by molar-refractivity contribution is 0.499. The Kier molecular flexibility index (Phi) is 5.12. The van der Waals surface area contributed by atoms with Gasteiger partial charge in [0.2, 0.25) is 0 Å². The van der Waals surface area contributed by atoms with Gasteiger partial charge in [-0.2, -0.15) is 0 Å². The van der Waals surface area contributed by atoms with Crippen molar-refractivity contribution >= 4 is 23.4 Å². The third-order valence-corrected chi connectivity index (χ3v) is 3.70. The monoisotopic (exact) mass is 306 g/mol. The standard InChI is InChI=1S/C15H22N4OS/c1-6-16-13-8-14(19-15(18-13)21-5)17-10(3)12-7-9(2)20-11(12)4/h7-8,10H,6H2,1-5H3,(H2,16,17,18,19). The average Bonchev–Trinajstić information content (AvgIpc) is 2.78. The molecule has 6 heteroatoms. The number of hydrogen-bond acceptors (Lipinski definition) is 6. The second kappa shape index (κ2) is 6.85. The molecule has 0 aliphatic rings. The van der Waals surface area contributed by atoms with E-state index in [9.17, 15) is 0 Å². The van der Waals surface area contributed by atoms with Crippen LogP contribution in [-0.4, -0.2) is 22.8 Å². The number of nitrogens with one attached hydrogen (secondary N) is 2. The zero-order valence-electron chi connectivity index (χ0n) is 13.2. The van der Waals surface area contributed by atoms with E-state index >= 15 is 0 Å². The first-order chi connectivity index (χ1) is 10.0. The lowest BCUT2D eigenvalue weighted by Crippen LogP contribution is -2.10. The van der Waals surface area contributed by atoms with E-state index in [2.05, 4.69) is 33.6 Å². The van der Waals surface area contributed by atoms with Crippen LogP contribution in [-0.2, 0) is 0 Å². The van der Waals surface area contributed by atoms with Gasteiger partial charge < -0.3 is 15.1 Å². The highest BCUT2D eigenvalue weighted by molar-refractivity contribution is 7.98. The van der Waals surface area contributed by atoms with Crippen molar-refractivity contribution in [3.63, 3.8) is 0 Å². The Hall–Kier alpha value is -1.69. The molecule has 1 unspecified atom stereocenters. The largest absolute Gasteiger partial charge is 0.466 e. The molecule has 0 saturated carbocycles. The molecule has 21 heavy (non-hydrogen) atoms. The predicted octanol–water partition coefficient (Wildman–Crippen LogP) is 4.01. The van der Waals surface area contributed by atoms with Crippen molar-refractivity contribution in [2.75, 3.05) is 23.4 Å². The van der Waals surface area contributed by atoms with Crippen LogP contribution in [0.1, 0.15) is 37.0 Å². The number of hydrogen-bond donors (Lipinski definition) is 2. The molecule has 5 nitrogen and oxygen atoms in total. The second-order valence-corrected chi connectivity index (χ2v) is 5.66. The molecular formula is C15H22N4OS. The van der Waals surface area contributed by atoms with Crippen LogP contribution in [0.15, 0.2) is 21.7 Å². The Morgan fingerprint density at radius 1 is 1.24 bits per heavy atom. The first-order valence-electron chi connectivity index (χ1n) is 7.04. The van der Waals surface area contributed by atoms with Crippen LogP contribution in [0.2, 0.25) is 0 Å². The third-order valence-electron chi connectivity index (χ3n) is 3.16. The van der Waals surface area contributed by atoms with Crippen molar-refractivity contribution in [2.45, 2.75) is 38.9 Å². The van der Waals surface area contributed by atoms with Gasteiger partial charge in [0.05, 0.1) is 6.04 Å². The molecule has 0 aliphatic heterocycles. The molecular weight excluding hydrogens is 284 g/mol. The van der Waals surface area contributed by atoms with E-state index in [1.807, 2.05) is 33.1 Å². The summed E-state index contributed by atoms with van der Waals surface area (Å²) in [5, 5.41) is 7.40.